The van der Waals surface area contributed by atoms with Crippen LogP contribution in [0.5, 0.6) is 0 Å². The van der Waals surface area contributed by atoms with Crippen molar-refractivity contribution in [2.24, 2.45) is 0 Å². The summed E-state index contributed by atoms with van der Waals surface area (Å²) in [7, 11) is 0. The molecule has 0 aromatic carbocycles. The van der Waals surface area contributed by atoms with Gasteiger partial charge in [-0.05, 0) is 53.0 Å². The molecule has 0 bridgehead atoms. The summed E-state index contributed by atoms with van der Waals surface area (Å²) in [5.41, 5.74) is 1.46. The van der Waals surface area contributed by atoms with E-state index in [0.29, 0.717) is 22.6 Å². The first-order chi connectivity index (χ1) is 8.99. The summed E-state index contributed by atoms with van der Waals surface area (Å²) >= 11 is 15.0. The fourth-order valence-corrected chi connectivity index (χ4v) is 2.67. The molecule has 0 spiro atoms. The van der Waals surface area contributed by atoms with Gasteiger partial charge in [-0.25, -0.2) is 9.97 Å². The molecule has 0 saturated heterocycles. The number of pyridine rings is 1. The van der Waals surface area contributed by atoms with E-state index in [-0.39, 0.29) is 10.8 Å². The molecule has 0 amide bonds. The minimum atomic E-state index is -0.0776. The summed E-state index contributed by atoms with van der Waals surface area (Å²) < 4.78 is 2.14. The number of hydrogen-bond donors (Lipinski definition) is 0. The highest BCUT2D eigenvalue weighted by Crippen LogP contribution is 2.19. The molecule has 2 rings (SSSR count). The van der Waals surface area contributed by atoms with Gasteiger partial charge < -0.3 is 4.57 Å². The van der Waals surface area contributed by atoms with E-state index in [2.05, 4.69) is 25.9 Å². The van der Waals surface area contributed by atoms with Crippen molar-refractivity contribution in [1.29, 1.82) is 0 Å². The largest absolute Gasteiger partial charge is 0.314 e. The molecule has 0 radical (unpaired) electrons. The molecule has 19 heavy (non-hydrogen) atoms. The molecule has 2 heterocycles. The minimum Gasteiger partial charge on any atom is -0.314 e. The van der Waals surface area contributed by atoms with Gasteiger partial charge in [0.25, 0.3) is 5.56 Å². The van der Waals surface area contributed by atoms with Crippen molar-refractivity contribution >= 4 is 39.1 Å². The molecule has 0 aliphatic carbocycles. The van der Waals surface area contributed by atoms with Crippen LogP contribution in [0.2, 0.25) is 10.4 Å². The van der Waals surface area contributed by atoms with E-state index in [0.717, 1.165) is 11.3 Å². The van der Waals surface area contributed by atoms with Crippen molar-refractivity contribution in [3.05, 3.63) is 54.9 Å². The van der Waals surface area contributed by atoms with Gasteiger partial charge in [-0.15, -0.1) is 0 Å². The molecule has 0 fully saturated rings. The van der Waals surface area contributed by atoms with Crippen molar-refractivity contribution in [3.8, 4) is 0 Å². The lowest BCUT2D eigenvalue weighted by molar-refractivity contribution is 0.661. The topological polar surface area (TPSA) is 47.8 Å². The van der Waals surface area contributed by atoms with Gasteiger partial charge in [0.05, 0.1) is 4.47 Å². The fourth-order valence-electron chi connectivity index (χ4n) is 1.73. The summed E-state index contributed by atoms with van der Waals surface area (Å²) in [6.07, 6.45) is 2.30. The first kappa shape index (κ1) is 14.5. The van der Waals surface area contributed by atoms with Gasteiger partial charge in [-0.3, -0.25) is 4.79 Å². The number of aromatic nitrogens is 3. The van der Waals surface area contributed by atoms with Gasteiger partial charge >= 0.3 is 0 Å². The maximum absolute atomic E-state index is 11.8. The SMILES string of the molecule is Cc1nc(Cl)nc(Cl)c1CCn1cccc(Br)c1=O. The van der Waals surface area contributed by atoms with Crippen molar-refractivity contribution in [3.63, 3.8) is 0 Å². The molecule has 0 atom stereocenters. The van der Waals surface area contributed by atoms with Crippen LogP contribution in [0.1, 0.15) is 11.3 Å². The first-order valence-corrected chi connectivity index (χ1v) is 7.07. The van der Waals surface area contributed by atoms with Crippen LogP contribution < -0.4 is 5.56 Å². The van der Waals surface area contributed by atoms with Crippen LogP contribution in [0, 0.1) is 6.92 Å². The highest BCUT2D eigenvalue weighted by molar-refractivity contribution is 9.10. The zero-order chi connectivity index (χ0) is 14.0. The van der Waals surface area contributed by atoms with Crippen LogP contribution >= 0.6 is 39.1 Å². The number of nitrogens with zero attached hydrogens (tertiary/aromatic N) is 3. The lowest BCUT2D eigenvalue weighted by Gasteiger charge is -2.09. The number of rotatable bonds is 3. The minimum absolute atomic E-state index is 0.0776. The monoisotopic (exact) mass is 361 g/mol. The molecule has 0 saturated carbocycles. The molecular weight excluding hydrogens is 353 g/mol. The predicted molar refractivity (Wildman–Crippen MR) is 78.9 cm³/mol. The van der Waals surface area contributed by atoms with Crippen LogP contribution in [-0.4, -0.2) is 14.5 Å². The smallest absolute Gasteiger partial charge is 0.264 e. The van der Waals surface area contributed by atoms with E-state index in [1.807, 2.05) is 6.92 Å². The van der Waals surface area contributed by atoms with E-state index < -0.39 is 0 Å². The Bertz CT molecular complexity index is 649. The lowest BCUT2D eigenvalue weighted by atomic mass is 10.2. The Hall–Kier alpha value is -0.910. The number of aryl methyl sites for hydroxylation is 2. The Kier molecular flexibility index (Phi) is 4.60. The van der Waals surface area contributed by atoms with Crippen LogP contribution in [0.15, 0.2) is 27.6 Å². The third-order valence-corrected chi connectivity index (χ3v) is 3.80. The van der Waals surface area contributed by atoms with Crippen LogP contribution in [0.3, 0.4) is 0 Å². The maximum Gasteiger partial charge on any atom is 0.264 e. The zero-order valence-electron chi connectivity index (χ0n) is 10.0. The lowest BCUT2D eigenvalue weighted by Crippen LogP contribution is -2.21. The van der Waals surface area contributed by atoms with Gasteiger partial charge in [0.1, 0.15) is 5.15 Å². The average molecular weight is 363 g/mol. The van der Waals surface area contributed by atoms with Gasteiger partial charge in [0.15, 0.2) is 0 Å². The Labute approximate surface area is 128 Å². The molecule has 4 nitrogen and oxygen atoms in total. The zero-order valence-corrected chi connectivity index (χ0v) is 13.1. The molecule has 2 aromatic rings. The molecule has 7 heteroatoms. The fraction of sp³-hybridized carbons (Fsp3) is 0.250. The summed E-state index contributed by atoms with van der Waals surface area (Å²) in [4.78, 5) is 19.8. The van der Waals surface area contributed by atoms with Gasteiger partial charge in [-0.2, -0.15) is 0 Å². The quantitative estimate of drug-likeness (QED) is 0.622. The van der Waals surface area contributed by atoms with Crippen molar-refractivity contribution in [1.82, 2.24) is 14.5 Å². The third kappa shape index (κ3) is 3.35. The van der Waals surface area contributed by atoms with Crippen molar-refractivity contribution in [2.45, 2.75) is 19.9 Å². The normalized spacial score (nSPS) is 10.7. The second-order valence-corrected chi connectivity index (χ2v) is 5.50. The highest BCUT2D eigenvalue weighted by Gasteiger charge is 2.10. The Morgan fingerprint density at radius 2 is 2.11 bits per heavy atom. The van der Waals surface area contributed by atoms with E-state index in [4.69, 9.17) is 23.2 Å². The van der Waals surface area contributed by atoms with Crippen LogP contribution in [0.4, 0.5) is 0 Å². The van der Waals surface area contributed by atoms with E-state index in [9.17, 15) is 4.79 Å². The Morgan fingerprint density at radius 1 is 1.37 bits per heavy atom. The molecule has 0 N–H and O–H groups in total. The van der Waals surface area contributed by atoms with Crippen LogP contribution in [0.25, 0.3) is 0 Å². The Balaban J connectivity index is 2.24. The third-order valence-electron chi connectivity index (χ3n) is 2.71. The number of hydrogen-bond acceptors (Lipinski definition) is 3. The van der Waals surface area contributed by atoms with Crippen LogP contribution in [-0.2, 0) is 13.0 Å². The molecule has 0 aliphatic heterocycles. The summed E-state index contributed by atoms with van der Waals surface area (Å²) in [5, 5.41) is 0.464. The predicted octanol–water partition coefficient (Wildman–Crippen LogP) is 3.26. The van der Waals surface area contributed by atoms with Gasteiger partial charge in [0, 0.05) is 24.0 Å². The summed E-state index contributed by atoms with van der Waals surface area (Å²) in [5.74, 6) is 0. The summed E-state index contributed by atoms with van der Waals surface area (Å²) in [6.45, 7) is 2.32. The van der Waals surface area contributed by atoms with Gasteiger partial charge in [-0.1, -0.05) is 11.6 Å². The Morgan fingerprint density at radius 3 is 2.79 bits per heavy atom. The van der Waals surface area contributed by atoms with Gasteiger partial charge in [0.2, 0.25) is 5.28 Å². The highest BCUT2D eigenvalue weighted by atomic mass is 79.9. The first-order valence-electron chi connectivity index (χ1n) is 5.52. The van der Waals surface area contributed by atoms with Crippen molar-refractivity contribution in [2.75, 3.05) is 0 Å². The van der Waals surface area contributed by atoms with E-state index in [1.54, 1.807) is 22.9 Å². The van der Waals surface area contributed by atoms with E-state index in [1.165, 1.54) is 0 Å². The molecule has 100 valence electrons. The molecule has 2 aromatic heterocycles. The second-order valence-electron chi connectivity index (χ2n) is 3.95. The molecule has 0 unspecified atom stereocenters. The van der Waals surface area contributed by atoms with Crippen molar-refractivity contribution < 1.29 is 0 Å². The number of halogens is 3. The second kappa shape index (κ2) is 6.03. The summed E-state index contributed by atoms with van der Waals surface area (Å²) in [6, 6.07) is 3.51. The maximum atomic E-state index is 11.8. The molecular formula is C12H10BrCl2N3O. The average Bonchev–Trinajstić information content (AvgIpc) is 2.33. The standard InChI is InChI=1S/C12H10BrCl2N3O/c1-7-8(10(14)17-12(15)16-7)4-6-18-5-2-3-9(13)11(18)19/h2-3,5H,4,6H2,1H3. The van der Waals surface area contributed by atoms with E-state index >= 15 is 0 Å². The molecule has 0 aliphatic rings.